The molecule has 1 atom stereocenters. The molecule has 2 nitrogen and oxygen atoms in total. The van der Waals surface area contributed by atoms with Gasteiger partial charge in [0, 0.05) is 6.04 Å². The molecule has 0 aliphatic heterocycles. The normalized spacial score (nSPS) is 20.8. The van der Waals surface area contributed by atoms with Crippen LogP contribution in [0, 0.1) is 17.3 Å². The van der Waals surface area contributed by atoms with Crippen LogP contribution in [0.2, 0.25) is 0 Å². The van der Waals surface area contributed by atoms with E-state index in [-0.39, 0.29) is 0 Å². The number of nitrogens with one attached hydrogen (secondary N) is 1. The molecule has 1 saturated carbocycles. The zero-order chi connectivity index (χ0) is 13.6. The van der Waals surface area contributed by atoms with Crippen molar-refractivity contribution < 1.29 is 0 Å². The molecule has 0 aromatic heterocycles. The minimum absolute atomic E-state index is 0.478. The second-order valence-electron chi connectivity index (χ2n) is 6.80. The van der Waals surface area contributed by atoms with Crippen LogP contribution < -0.4 is 11.3 Å². The molecule has 1 unspecified atom stereocenters. The molecular weight excluding hydrogens is 220 g/mol. The van der Waals surface area contributed by atoms with E-state index < -0.39 is 0 Å². The molecule has 1 aliphatic rings. The first-order valence-electron chi connectivity index (χ1n) is 8.04. The molecule has 0 aromatic carbocycles. The van der Waals surface area contributed by atoms with Crippen molar-refractivity contribution in [3.8, 4) is 0 Å². The standard InChI is InChI=1S/C16H34N2/c1-5-14(6-2)11-15(18-17)16(12-13(3)4)9-7-8-10-16/h13-15,18H,5-12,17H2,1-4H3. The summed E-state index contributed by atoms with van der Waals surface area (Å²) in [7, 11) is 0. The molecule has 2 heteroatoms. The predicted molar refractivity (Wildman–Crippen MR) is 80.2 cm³/mol. The maximum Gasteiger partial charge on any atom is 0.0269 e. The Labute approximate surface area is 114 Å². The third-order valence-corrected chi connectivity index (χ3v) is 5.08. The molecule has 18 heavy (non-hydrogen) atoms. The highest BCUT2D eigenvalue weighted by atomic mass is 15.2. The largest absolute Gasteiger partial charge is 0.271 e. The SMILES string of the molecule is CCC(CC)CC(NN)C1(CC(C)C)CCCC1. The van der Waals surface area contributed by atoms with Crippen LogP contribution in [-0.4, -0.2) is 6.04 Å². The number of nitrogens with two attached hydrogens (primary N) is 1. The summed E-state index contributed by atoms with van der Waals surface area (Å²) >= 11 is 0. The van der Waals surface area contributed by atoms with Gasteiger partial charge in [0.15, 0.2) is 0 Å². The van der Waals surface area contributed by atoms with Crippen LogP contribution >= 0.6 is 0 Å². The van der Waals surface area contributed by atoms with Gasteiger partial charge in [-0.15, -0.1) is 0 Å². The van der Waals surface area contributed by atoms with Crippen molar-refractivity contribution in [3.05, 3.63) is 0 Å². The minimum Gasteiger partial charge on any atom is -0.271 e. The first-order valence-corrected chi connectivity index (χ1v) is 8.04. The van der Waals surface area contributed by atoms with Gasteiger partial charge in [0.25, 0.3) is 0 Å². The molecule has 0 bridgehead atoms. The highest BCUT2D eigenvalue weighted by molar-refractivity contribution is 4.95. The van der Waals surface area contributed by atoms with Crippen molar-refractivity contribution in [1.82, 2.24) is 5.43 Å². The Morgan fingerprint density at radius 3 is 2.06 bits per heavy atom. The Balaban J connectivity index is 2.74. The van der Waals surface area contributed by atoms with Gasteiger partial charge >= 0.3 is 0 Å². The van der Waals surface area contributed by atoms with Crippen LogP contribution in [0.5, 0.6) is 0 Å². The first kappa shape index (κ1) is 16.0. The maximum absolute atomic E-state index is 5.92. The maximum atomic E-state index is 5.92. The molecular formula is C16H34N2. The molecule has 3 N–H and O–H groups in total. The number of hydrazine groups is 1. The van der Waals surface area contributed by atoms with Gasteiger partial charge < -0.3 is 0 Å². The molecule has 0 radical (unpaired) electrons. The molecule has 0 aromatic rings. The average molecular weight is 254 g/mol. The van der Waals surface area contributed by atoms with Crippen LogP contribution in [0.3, 0.4) is 0 Å². The van der Waals surface area contributed by atoms with Crippen molar-refractivity contribution in [2.24, 2.45) is 23.1 Å². The van der Waals surface area contributed by atoms with Crippen LogP contribution in [-0.2, 0) is 0 Å². The molecule has 1 rings (SSSR count). The summed E-state index contributed by atoms with van der Waals surface area (Å²) in [4.78, 5) is 0. The summed E-state index contributed by atoms with van der Waals surface area (Å²) in [5, 5.41) is 0. The Morgan fingerprint density at radius 1 is 1.11 bits per heavy atom. The van der Waals surface area contributed by atoms with Gasteiger partial charge in [0.05, 0.1) is 0 Å². The van der Waals surface area contributed by atoms with Crippen LogP contribution in [0.15, 0.2) is 0 Å². The number of rotatable bonds is 8. The minimum atomic E-state index is 0.478. The zero-order valence-corrected chi connectivity index (χ0v) is 13.0. The average Bonchev–Trinajstić information content (AvgIpc) is 2.79. The van der Waals surface area contributed by atoms with Crippen LogP contribution in [0.25, 0.3) is 0 Å². The third kappa shape index (κ3) is 3.96. The zero-order valence-electron chi connectivity index (χ0n) is 13.0. The summed E-state index contributed by atoms with van der Waals surface area (Å²) in [6.07, 6.45) is 10.7. The van der Waals surface area contributed by atoms with Crippen molar-refractivity contribution >= 4 is 0 Å². The predicted octanol–water partition coefficient (Wildman–Crippen LogP) is 4.25. The second-order valence-corrected chi connectivity index (χ2v) is 6.80. The monoisotopic (exact) mass is 254 g/mol. The quantitative estimate of drug-likeness (QED) is 0.502. The Bertz CT molecular complexity index is 215. The molecule has 1 aliphatic carbocycles. The van der Waals surface area contributed by atoms with E-state index in [0.717, 1.165) is 11.8 Å². The fraction of sp³-hybridized carbons (Fsp3) is 1.00. The third-order valence-electron chi connectivity index (χ3n) is 5.08. The van der Waals surface area contributed by atoms with Gasteiger partial charge in [-0.05, 0) is 42.9 Å². The van der Waals surface area contributed by atoms with E-state index in [9.17, 15) is 0 Å². The smallest absolute Gasteiger partial charge is 0.0269 e. The molecule has 0 heterocycles. The summed E-state index contributed by atoms with van der Waals surface area (Å²) in [6.45, 7) is 9.33. The van der Waals surface area contributed by atoms with Gasteiger partial charge in [-0.25, -0.2) is 0 Å². The molecule has 0 saturated heterocycles. The lowest BCUT2D eigenvalue weighted by Crippen LogP contribution is -2.49. The van der Waals surface area contributed by atoms with E-state index in [2.05, 4.69) is 33.1 Å². The fourth-order valence-corrected chi connectivity index (χ4v) is 4.04. The van der Waals surface area contributed by atoms with Crippen molar-refractivity contribution in [3.63, 3.8) is 0 Å². The van der Waals surface area contributed by atoms with Crippen LogP contribution in [0.4, 0.5) is 0 Å². The second kappa shape index (κ2) is 7.49. The highest BCUT2D eigenvalue weighted by Crippen LogP contribution is 2.47. The van der Waals surface area contributed by atoms with Crippen molar-refractivity contribution in [2.45, 2.75) is 85.1 Å². The van der Waals surface area contributed by atoms with Crippen LogP contribution in [0.1, 0.15) is 79.1 Å². The summed E-state index contributed by atoms with van der Waals surface area (Å²) in [6, 6.07) is 0.521. The van der Waals surface area contributed by atoms with Gasteiger partial charge in [-0.1, -0.05) is 53.4 Å². The Kier molecular flexibility index (Phi) is 6.65. The van der Waals surface area contributed by atoms with E-state index >= 15 is 0 Å². The first-order chi connectivity index (χ1) is 8.57. The Morgan fingerprint density at radius 2 is 1.67 bits per heavy atom. The van der Waals surface area contributed by atoms with Gasteiger partial charge in [0.1, 0.15) is 0 Å². The molecule has 0 amide bonds. The fourth-order valence-electron chi connectivity index (χ4n) is 4.04. The lowest BCUT2D eigenvalue weighted by Gasteiger charge is -2.40. The number of hydrogen-bond acceptors (Lipinski definition) is 2. The number of hydrogen-bond donors (Lipinski definition) is 2. The van der Waals surface area contributed by atoms with Gasteiger partial charge in [-0.3, -0.25) is 11.3 Å². The van der Waals surface area contributed by atoms with Gasteiger partial charge in [0.2, 0.25) is 0 Å². The molecule has 1 fully saturated rings. The van der Waals surface area contributed by atoms with Crippen molar-refractivity contribution in [2.75, 3.05) is 0 Å². The van der Waals surface area contributed by atoms with E-state index in [1.54, 1.807) is 0 Å². The molecule has 108 valence electrons. The van der Waals surface area contributed by atoms with E-state index in [1.165, 1.54) is 51.4 Å². The summed E-state index contributed by atoms with van der Waals surface area (Å²) < 4.78 is 0. The molecule has 0 spiro atoms. The lowest BCUT2D eigenvalue weighted by molar-refractivity contribution is 0.131. The lowest BCUT2D eigenvalue weighted by atomic mass is 9.70. The Hall–Kier alpha value is -0.0800. The van der Waals surface area contributed by atoms with E-state index in [4.69, 9.17) is 5.84 Å². The van der Waals surface area contributed by atoms with Crippen molar-refractivity contribution in [1.29, 1.82) is 0 Å². The summed E-state index contributed by atoms with van der Waals surface area (Å²) in [5.41, 5.74) is 3.67. The van der Waals surface area contributed by atoms with Gasteiger partial charge in [-0.2, -0.15) is 0 Å². The topological polar surface area (TPSA) is 38.0 Å². The highest BCUT2D eigenvalue weighted by Gasteiger charge is 2.41. The summed E-state index contributed by atoms with van der Waals surface area (Å²) in [5.74, 6) is 7.53. The van der Waals surface area contributed by atoms with E-state index in [1.807, 2.05) is 0 Å². The van der Waals surface area contributed by atoms with E-state index in [0.29, 0.717) is 11.5 Å².